The van der Waals surface area contributed by atoms with Gasteiger partial charge in [0.1, 0.15) is 5.69 Å². The van der Waals surface area contributed by atoms with E-state index in [1.54, 1.807) is 12.4 Å². The number of hydrogen-bond acceptors (Lipinski definition) is 3. The number of fused-ring (bicyclic) bond motifs is 1. The largest absolute Gasteiger partial charge is 0.294 e. The van der Waals surface area contributed by atoms with Crippen LogP contribution >= 0.6 is 0 Å². The van der Waals surface area contributed by atoms with Crippen LogP contribution in [-0.2, 0) is 6.42 Å². The Bertz CT molecular complexity index is 752. The number of hydrogen-bond donors (Lipinski definition) is 0. The summed E-state index contributed by atoms with van der Waals surface area (Å²) in [6.45, 7) is 4.20. The molecule has 2 aromatic heterocycles. The molecule has 0 aromatic carbocycles. The van der Waals surface area contributed by atoms with Crippen LogP contribution in [0.3, 0.4) is 0 Å². The Hall–Kier alpha value is -2.47. The number of carbonyl (C=O) groups excluding carboxylic acids is 1. The molecule has 3 rings (SSSR count). The van der Waals surface area contributed by atoms with Crippen molar-refractivity contribution in [2.24, 2.45) is 5.41 Å². The van der Waals surface area contributed by atoms with Gasteiger partial charge in [0.15, 0.2) is 5.78 Å². The summed E-state index contributed by atoms with van der Waals surface area (Å²) < 4.78 is 0. The highest BCUT2D eigenvalue weighted by Gasteiger charge is 2.31. The third kappa shape index (κ3) is 3.00. The first kappa shape index (κ1) is 13.5. The van der Waals surface area contributed by atoms with Gasteiger partial charge in [0.25, 0.3) is 0 Å². The van der Waals surface area contributed by atoms with Crippen molar-refractivity contribution in [3.05, 3.63) is 59.2 Å². The summed E-state index contributed by atoms with van der Waals surface area (Å²) in [4.78, 5) is 20.8. The molecule has 3 heteroatoms. The zero-order chi connectivity index (χ0) is 14.9. The number of rotatable bonds is 0. The molecule has 0 saturated carbocycles. The van der Waals surface area contributed by atoms with Crippen molar-refractivity contribution in [2.75, 3.05) is 0 Å². The van der Waals surface area contributed by atoms with Crippen LogP contribution in [0.25, 0.3) is 0 Å². The highest BCUT2D eigenvalue weighted by Crippen LogP contribution is 2.33. The second-order valence-corrected chi connectivity index (χ2v) is 6.12. The van der Waals surface area contributed by atoms with Crippen LogP contribution in [0.4, 0.5) is 0 Å². The number of nitrogens with zero attached hydrogens (tertiary/aromatic N) is 2. The highest BCUT2D eigenvalue weighted by molar-refractivity contribution is 5.98. The first-order chi connectivity index (χ1) is 10.0. The number of pyridine rings is 2. The quantitative estimate of drug-likeness (QED) is 0.695. The Balaban J connectivity index is 1.93. The minimum absolute atomic E-state index is 0.00175. The van der Waals surface area contributed by atoms with Crippen LogP contribution in [0.15, 0.2) is 36.7 Å². The van der Waals surface area contributed by atoms with Crippen molar-refractivity contribution in [1.82, 2.24) is 9.97 Å². The Kier molecular flexibility index (Phi) is 3.31. The SMILES string of the molecule is CC1(C)CC(=O)c2cc(C#Cc3ccccn3)cnc2C1. The topological polar surface area (TPSA) is 42.9 Å². The summed E-state index contributed by atoms with van der Waals surface area (Å²) in [5.74, 6) is 6.17. The zero-order valence-electron chi connectivity index (χ0n) is 12.2. The van der Waals surface area contributed by atoms with Gasteiger partial charge in [-0.15, -0.1) is 0 Å². The van der Waals surface area contributed by atoms with Gasteiger partial charge in [-0.25, -0.2) is 4.98 Å². The molecule has 1 aliphatic carbocycles. The first-order valence-electron chi connectivity index (χ1n) is 6.99. The van der Waals surface area contributed by atoms with Crippen molar-refractivity contribution >= 4 is 5.78 Å². The maximum Gasteiger partial charge on any atom is 0.165 e. The Morgan fingerprint density at radius 2 is 2.00 bits per heavy atom. The minimum Gasteiger partial charge on any atom is -0.294 e. The standard InChI is InChI=1S/C18H16N2O/c1-18(2)10-16-15(17(21)11-18)9-13(12-20-16)6-7-14-5-3-4-8-19-14/h3-5,8-9,12H,10-11H2,1-2H3. The summed E-state index contributed by atoms with van der Waals surface area (Å²) in [5, 5.41) is 0. The van der Waals surface area contributed by atoms with Gasteiger partial charge in [-0.3, -0.25) is 9.78 Å². The Labute approximate surface area is 124 Å². The molecule has 104 valence electrons. The number of Topliss-reactive ketones (excluding diaryl/α,β-unsaturated/α-hetero) is 1. The van der Waals surface area contributed by atoms with Gasteiger partial charge >= 0.3 is 0 Å². The van der Waals surface area contributed by atoms with E-state index in [4.69, 9.17) is 0 Å². The van der Waals surface area contributed by atoms with Gasteiger partial charge in [-0.1, -0.05) is 25.8 Å². The van der Waals surface area contributed by atoms with Crippen LogP contribution in [-0.4, -0.2) is 15.8 Å². The maximum atomic E-state index is 12.2. The lowest BCUT2D eigenvalue weighted by Gasteiger charge is -2.29. The van der Waals surface area contributed by atoms with Crippen LogP contribution in [0.1, 0.15) is 47.6 Å². The molecule has 0 unspecified atom stereocenters. The molecule has 0 spiro atoms. The van der Waals surface area contributed by atoms with E-state index in [1.165, 1.54) is 0 Å². The van der Waals surface area contributed by atoms with E-state index in [0.717, 1.165) is 23.2 Å². The van der Waals surface area contributed by atoms with Gasteiger partial charge in [0, 0.05) is 29.9 Å². The molecule has 0 atom stereocenters. The molecule has 0 N–H and O–H groups in total. The monoisotopic (exact) mass is 276 g/mol. The predicted octanol–water partition coefficient (Wildman–Crippen LogP) is 3.03. The van der Waals surface area contributed by atoms with Gasteiger partial charge in [-0.2, -0.15) is 0 Å². The first-order valence-corrected chi connectivity index (χ1v) is 6.99. The van der Waals surface area contributed by atoms with Crippen molar-refractivity contribution in [1.29, 1.82) is 0 Å². The molecular weight excluding hydrogens is 260 g/mol. The predicted molar refractivity (Wildman–Crippen MR) is 80.9 cm³/mol. The van der Waals surface area contributed by atoms with Crippen molar-refractivity contribution in [3.63, 3.8) is 0 Å². The fourth-order valence-electron chi connectivity index (χ4n) is 2.56. The summed E-state index contributed by atoms with van der Waals surface area (Å²) in [7, 11) is 0. The second-order valence-electron chi connectivity index (χ2n) is 6.12. The zero-order valence-corrected chi connectivity index (χ0v) is 12.2. The van der Waals surface area contributed by atoms with Crippen molar-refractivity contribution in [2.45, 2.75) is 26.7 Å². The fourth-order valence-corrected chi connectivity index (χ4v) is 2.56. The molecule has 0 bridgehead atoms. The molecule has 0 amide bonds. The molecule has 2 aromatic rings. The van der Waals surface area contributed by atoms with E-state index in [2.05, 4.69) is 35.7 Å². The molecule has 3 nitrogen and oxygen atoms in total. The van der Waals surface area contributed by atoms with Gasteiger partial charge in [0.2, 0.25) is 0 Å². The molecule has 0 saturated heterocycles. The molecular formula is C18H16N2O. The third-order valence-corrected chi connectivity index (χ3v) is 3.56. The van der Waals surface area contributed by atoms with Crippen LogP contribution < -0.4 is 0 Å². The van der Waals surface area contributed by atoms with Gasteiger partial charge in [0.05, 0.1) is 5.69 Å². The minimum atomic E-state index is -0.00175. The van der Waals surface area contributed by atoms with Crippen LogP contribution in [0, 0.1) is 17.3 Å². The molecule has 0 radical (unpaired) electrons. The Morgan fingerprint density at radius 3 is 2.76 bits per heavy atom. The second kappa shape index (κ2) is 5.14. The lowest BCUT2D eigenvalue weighted by molar-refractivity contribution is 0.0910. The average Bonchev–Trinajstić information content (AvgIpc) is 2.45. The lowest BCUT2D eigenvalue weighted by atomic mass is 9.75. The van der Waals surface area contributed by atoms with E-state index >= 15 is 0 Å². The summed E-state index contributed by atoms with van der Waals surface area (Å²) in [5.41, 5.74) is 3.08. The van der Waals surface area contributed by atoms with E-state index in [-0.39, 0.29) is 11.2 Å². The molecule has 1 aliphatic rings. The van der Waals surface area contributed by atoms with Crippen molar-refractivity contribution in [3.8, 4) is 11.8 Å². The Morgan fingerprint density at radius 1 is 1.14 bits per heavy atom. The van der Waals surface area contributed by atoms with E-state index < -0.39 is 0 Å². The third-order valence-electron chi connectivity index (χ3n) is 3.56. The molecule has 0 fully saturated rings. The van der Waals surface area contributed by atoms with Crippen LogP contribution in [0.2, 0.25) is 0 Å². The average molecular weight is 276 g/mol. The summed E-state index contributed by atoms with van der Waals surface area (Å²) >= 11 is 0. The van der Waals surface area contributed by atoms with Gasteiger partial charge < -0.3 is 0 Å². The van der Waals surface area contributed by atoms with Crippen LogP contribution in [0.5, 0.6) is 0 Å². The van der Waals surface area contributed by atoms with E-state index in [0.29, 0.717) is 12.1 Å². The number of carbonyl (C=O) groups is 1. The summed E-state index contributed by atoms with van der Waals surface area (Å²) in [6, 6.07) is 7.46. The number of aromatic nitrogens is 2. The molecule has 21 heavy (non-hydrogen) atoms. The summed E-state index contributed by atoms with van der Waals surface area (Å²) in [6.07, 6.45) is 4.85. The van der Waals surface area contributed by atoms with Crippen molar-refractivity contribution < 1.29 is 4.79 Å². The highest BCUT2D eigenvalue weighted by atomic mass is 16.1. The smallest absolute Gasteiger partial charge is 0.165 e. The number of ketones is 1. The molecule has 2 heterocycles. The van der Waals surface area contributed by atoms with Gasteiger partial charge in [-0.05, 0) is 36.0 Å². The van der Waals surface area contributed by atoms with E-state index in [9.17, 15) is 4.79 Å². The lowest BCUT2D eigenvalue weighted by Crippen LogP contribution is -2.27. The van der Waals surface area contributed by atoms with E-state index in [1.807, 2.05) is 24.3 Å². The molecule has 0 aliphatic heterocycles. The fraction of sp³-hybridized carbons (Fsp3) is 0.278. The normalized spacial score (nSPS) is 15.8. The maximum absolute atomic E-state index is 12.2.